The van der Waals surface area contributed by atoms with Gasteiger partial charge in [0, 0.05) is 22.8 Å². The number of thioether (sulfide) groups is 1. The monoisotopic (exact) mass is 260 g/mol. The van der Waals surface area contributed by atoms with E-state index < -0.39 is 0 Å². The summed E-state index contributed by atoms with van der Waals surface area (Å²) in [4.78, 5) is 4.56. The molecular formula is C15H20N2S. The van der Waals surface area contributed by atoms with Gasteiger partial charge in [-0.1, -0.05) is 18.2 Å². The lowest BCUT2D eigenvalue weighted by Gasteiger charge is -2.17. The van der Waals surface area contributed by atoms with Crippen molar-refractivity contribution in [3.05, 3.63) is 36.0 Å². The Morgan fingerprint density at radius 1 is 1.33 bits per heavy atom. The van der Waals surface area contributed by atoms with Crippen LogP contribution in [0.1, 0.15) is 19.0 Å². The summed E-state index contributed by atoms with van der Waals surface area (Å²) in [7, 11) is 0. The standard InChI is InChI=1S/C15H20N2S/c1-11(8-9-18-3)16-15-10-12(2)17-14-7-5-4-6-13(14)15/h4-7,10-11H,8-9H2,1-3H3,(H,16,17). The third-order valence-corrected chi connectivity index (χ3v) is 3.65. The lowest BCUT2D eigenvalue weighted by molar-refractivity contribution is 0.773. The molecule has 0 saturated heterocycles. The van der Waals surface area contributed by atoms with Crippen molar-refractivity contribution in [2.24, 2.45) is 0 Å². The van der Waals surface area contributed by atoms with Crippen molar-refractivity contribution >= 4 is 28.4 Å². The highest BCUT2D eigenvalue weighted by Gasteiger charge is 2.06. The van der Waals surface area contributed by atoms with Crippen LogP contribution in [0.15, 0.2) is 30.3 Å². The molecule has 0 aliphatic rings. The summed E-state index contributed by atoms with van der Waals surface area (Å²) in [6.07, 6.45) is 3.33. The predicted octanol–water partition coefficient (Wildman–Crippen LogP) is 4.10. The van der Waals surface area contributed by atoms with Crippen molar-refractivity contribution in [1.29, 1.82) is 0 Å². The molecular weight excluding hydrogens is 240 g/mol. The Labute approximate surface area is 113 Å². The summed E-state index contributed by atoms with van der Waals surface area (Å²) in [5.41, 5.74) is 3.33. The van der Waals surface area contributed by atoms with Crippen molar-refractivity contribution in [2.75, 3.05) is 17.3 Å². The molecule has 2 rings (SSSR count). The van der Waals surface area contributed by atoms with Crippen LogP contribution in [0.3, 0.4) is 0 Å². The maximum atomic E-state index is 4.56. The van der Waals surface area contributed by atoms with Gasteiger partial charge in [0.1, 0.15) is 0 Å². The summed E-state index contributed by atoms with van der Waals surface area (Å²) < 4.78 is 0. The van der Waals surface area contributed by atoms with Gasteiger partial charge in [-0.15, -0.1) is 0 Å². The molecule has 0 amide bonds. The average Bonchev–Trinajstić information content (AvgIpc) is 2.36. The lowest BCUT2D eigenvalue weighted by Crippen LogP contribution is -2.16. The SMILES string of the molecule is CSCCC(C)Nc1cc(C)nc2ccccc12. The van der Waals surface area contributed by atoms with Crippen molar-refractivity contribution in [3.8, 4) is 0 Å². The van der Waals surface area contributed by atoms with E-state index in [4.69, 9.17) is 0 Å². The maximum Gasteiger partial charge on any atom is 0.0725 e. The van der Waals surface area contributed by atoms with Crippen LogP contribution in [-0.4, -0.2) is 23.0 Å². The molecule has 0 aliphatic heterocycles. The molecule has 0 aliphatic carbocycles. The summed E-state index contributed by atoms with van der Waals surface area (Å²) in [6.45, 7) is 4.28. The number of rotatable bonds is 5. The molecule has 1 N–H and O–H groups in total. The first-order valence-electron chi connectivity index (χ1n) is 6.32. The van der Waals surface area contributed by atoms with Crippen molar-refractivity contribution in [2.45, 2.75) is 26.3 Å². The molecule has 96 valence electrons. The molecule has 18 heavy (non-hydrogen) atoms. The number of pyridine rings is 1. The molecule has 1 atom stereocenters. The molecule has 2 nitrogen and oxygen atoms in total. The van der Waals surface area contributed by atoms with Gasteiger partial charge in [-0.25, -0.2) is 0 Å². The molecule has 1 unspecified atom stereocenters. The molecule has 0 spiro atoms. The average molecular weight is 260 g/mol. The predicted molar refractivity (Wildman–Crippen MR) is 82.6 cm³/mol. The number of benzene rings is 1. The van der Waals surface area contributed by atoms with Gasteiger partial charge < -0.3 is 5.32 Å². The van der Waals surface area contributed by atoms with E-state index in [1.54, 1.807) is 0 Å². The number of nitrogens with zero attached hydrogens (tertiary/aromatic N) is 1. The Bertz CT molecular complexity index is 525. The van der Waals surface area contributed by atoms with Gasteiger partial charge in [-0.05, 0) is 44.4 Å². The number of hydrogen-bond acceptors (Lipinski definition) is 3. The Kier molecular flexibility index (Phi) is 4.48. The molecule has 0 saturated carbocycles. The lowest BCUT2D eigenvalue weighted by atomic mass is 10.1. The van der Waals surface area contributed by atoms with E-state index in [0.717, 1.165) is 11.2 Å². The summed E-state index contributed by atoms with van der Waals surface area (Å²) >= 11 is 1.89. The highest BCUT2D eigenvalue weighted by Crippen LogP contribution is 2.24. The number of fused-ring (bicyclic) bond motifs is 1. The smallest absolute Gasteiger partial charge is 0.0725 e. The van der Waals surface area contributed by atoms with E-state index in [2.05, 4.69) is 47.7 Å². The van der Waals surface area contributed by atoms with Gasteiger partial charge in [0.05, 0.1) is 5.52 Å². The van der Waals surface area contributed by atoms with E-state index in [9.17, 15) is 0 Å². The molecule has 1 heterocycles. The number of anilines is 1. The second kappa shape index (κ2) is 6.10. The Morgan fingerprint density at radius 3 is 2.89 bits per heavy atom. The second-order valence-corrected chi connectivity index (χ2v) is 5.64. The minimum absolute atomic E-state index is 0.489. The Morgan fingerprint density at radius 2 is 2.11 bits per heavy atom. The van der Waals surface area contributed by atoms with Crippen LogP contribution in [0.2, 0.25) is 0 Å². The van der Waals surface area contributed by atoms with Crippen LogP contribution in [-0.2, 0) is 0 Å². The van der Waals surface area contributed by atoms with Crippen LogP contribution in [0.5, 0.6) is 0 Å². The highest BCUT2D eigenvalue weighted by molar-refractivity contribution is 7.98. The minimum Gasteiger partial charge on any atom is -0.382 e. The zero-order chi connectivity index (χ0) is 13.0. The highest BCUT2D eigenvalue weighted by atomic mass is 32.2. The molecule has 0 bridgehead atoms. The molecule has 2 aromatic rings. The third kappa shape index (κ3) is 3.16. The van der Waals surface area contributed by atoms with E-state index >= 15 is 0 Å². The largest absolute Gasteiger partial charge is 0.382 e. The normalized spacial score (nSPS) is 12.6. The van der Waals surface area contributed by atoms with Crippen LogP contribution in [0.25, 0.3) is 10.9 Å². The Hall–Kier alpha value is -1.22. The fourth-order valence-electron chi connectivity index (χ4n) is 2.06. The third-order valence-electron chi connectivity index (χ3n) is 3.00. The fourth-order valence-corrected chi connectivity index (χ4v) is 2.65. The van der Waals surface area contributed by atoms with Gasteiger partial charge in [-0.3, -0.25) is 4.98 Å². The van der Waals surface area contributed by atoms with Crippen LogP contribution >= 0.6 is 11.8 Å². The quantitative estimate of drug-likeness (QED) is 0.876. The second-order valence-electron chi connectivity index (χ2n) is 4.66. The van der Waals surface area contributed by atoms with Crippen molar-refractivity contribution in [1.82, 2.24) is 4.98 Å². The van der Waals surface area contributed by atoms with E-state index in [1.807, 2.05) is 24.8 Å². The number of nitrogens with one attached hydrogen (secondary N) is 1. The van der Waals surface area contributed by atoms with E-state index in [-0.39, 0.29) is 0 Å². The van der Waals surface area contributed by atoms with Gasteiger partial charge in [0.2, 0.25) is 0 Å². The fraction of sp³-hybridized carbons (Fsp3) is 0.400. The number of hydrogen-bond donors (Lipinski definition) is 1. The number of aromatic nitrogens is 1. The first kappa shape index (κ1) is 13.2. The topological polar surface area (TPSA) is 24.9 Å². The first-order chi connectivity index (χ1) is 8.70. The molecule has 0 radical (unpaired) electrons. The molecule has 1 aromatic heterocycles. The van der Waals surface area contributed by atoms with Crippen molar-refractivity contribution in [3.63, 3.8) is 0 Å². The first-order valence-corrected chi connectivity index (χ1v) is 7.72. The zero-order valence-corrected chi connectivity index (χ0v) is 12.1. The van der Waals surface area contributed by atoms with Gasteiger partial charge >= 0.3 is 0 Å². The van der Waals surface area contributed by atoms with Gasteiger partial charge in [0.25, 0.3) is 0 Å². The minimum atomic E-state index is 0.489. The summed E-state index contributed by atoms with van der Waals surface area (Å²) in [5, 5.41) is 4.81. The van der Waals surface area contributed by atoms with Crippen molar-refractivity contribution < 1.29 is 0 Å². The van der Waals surface area contributed by atoms with Crippen LogP contribution < -0.4 is 5.32 Å². The molecule has 0 fully saturated rings. The van der Waals surface area contributed by atoms with Gasteiger partial charge in [-0.2, -0.15) is 11.8 Å². The van der Waals surface area contributed by atoms with Crippen LogP contribution in [0, 0.1) is 6.92 Å². The molecule has 1 aromatic carbocycles. The summed E-state index contributed by atoms with van der Waals surface area (Å²) in [6, 6.07) is 10.9. The Balaban J connectivity index is 2.26. The van der Waals surface area contributed by atoms with Gasteiger partial charge in [0.15, 0.2) is 0 Å². The zero-order valence-electron chi connectivity index (χ0n) is 11.2. The van der Waals surface area contributed by atoms with E-state index in [0.29, 0.717) is 6.04 Å². The maximum absolute atomic E-state index is 4.56. The van der Waals surface area contributed by atoms with E-state index in [1.165, 1.54) is 23.2 Å². The summed E-state index contributed by atoms with van der Waals surface area (Å²) in [5.74, 6) is 1.19. The van der Waals surface area contributed by atoms with Crippen LogP contribution in [0.4, 0.5) is 5.69 Å². The number of para-hydroxylation sites is 1. The molecule has 3 heteroatoms. The number of aryl methyl sites for hydroxylation is 1.